The molecule has 1 unspecified atom stereocenters. The Morgan fingerprint density at radius 2 is 1.89 bits per heavy atom. The van der Waals surface area contributed by atoms with Gasteiger partial charge in [0.25, 0.3) is 0 Å². The zero-order valence-corrected chi connectivity index (χ0v) is 15.4. The fourth-order valence-corrected chi connectivity index (χ4v) is 2.86. The van der Waals surface area contributed by atoms with Gasteiger partial charge in [0, 0.05) is 13.5 Å². The highest BCUT2D eigenvalue weighted by molar-refractivity contribution is 5.76. The van der Waals surface area contributed by atoms with Gasteiger partial charge in [-0.2, -0.15) is 10.4 Å². The van der Waals surface area contributed by atoms with Gasteiger partial charge in [0.1, 0.15) is 12.7 Å². The third-order valence-electron chi connectivity index (χ3n) is 4.74. The molecule has 0 aliphatic carbocycles. The van der Waals surface area contributed by atoms with Crippen molar-refractivity contribution in [3.8, 4) is 11.8 Å². The molecule has 2 aromatic carbocycles. The Labute approximate surface area is 158 Å². The molecule has 0 saturated carbocycles. The Kier molecular flexibility index (Phi) is 5.62. The molecule has 6 heteroatoms. The number of nitrogens with zero attached hydrogens (tertiary/aromatic N) is 5. The van der Waals surface area contributed by atoms with Crippen molar-refractivity contribution in [1.82, 2.24) is 19.7 Å². The molecule has 0 fully saturated rings. The monoisotopic (exact) mass is 359 g/mol. The summed E-state index contributed by atoms with van der Waals surface area (Å²) in [5.74, 6) is 0.0900. The summed E-state index contributed by atoms with van der Waals surface area (Å²) in [6.07, 6.45) is 4.24. The van der Waals surface area contributed by atoms with Crippen LogP contribution in [0.1, 0.15) is 36.1 Å². The molecule has 1 aromatic heterocycles. The van der Waals surface area contributed by atoms with Crippen molar-refractivity contribution in [3.63, 3.8) is 0 Å². The van der Waals surface area contributed by atoms with Gasteiger partial charge in [-0.15, -0.1) is 0 Å². The molecule has 1 heterocycles. The highest BCUT2D eigenvalue weighted by atomic mass is 16.2. The topological polar surface area (TPSA) is 74.8 Å². The molecule has 1 amide bonds. The second kappa shape index (κ2) is 8.28. The zero-order valence-electron chi connectivity index (χ0n) is 15.4. The minimum Gasteiger partial charge on any atom is -0.339 e. The van der Waals surface area contributed by atoms with E-state index >= 15 is 0 Å². The number of carbonyl (C=O) groups excluding carboxylic acids is 1. The molecule has 0 bridgehead atoms. The van der Waals surface area contributed by atoms with Gasteiger partial charge < -0.3 is 4.90 Å². The highest BCUT2D eigenvalue weighted by Crippen LogP contribution is 2.21. The summed E-state index contributed by atoms with van der Waals surface area (Å²) in [5, 5.41) is 13.0. The predicted octanol–water partition coefficient (Wildman–Crippen LogP) is 3.29. The van der Waals surface area contributed by atoms with Gasteiger partial charge >= 0.3 is 0 Å². The number of benzene rings is 2. The molecule has 0 aliphatic heterocycles. The molecular weight excluding hydrogens is 338 g/mol. The van der Waals surface area contributed by atoms with Gasteiger partial charge in [-0.1, -0.05) is 24.3 Å². The van der Waals surface area contributed by atoms with Gasteiger partial charge in [-0.05, 0) is 48.7 Å². The lowest BCUT2D eigenvalue weighted by molar-refractivity contribution is -0.131. The van der Waals surface area contributed by atoms with Gasteiger partial charge in [0.05, 0.1) is 23.4 Å². The van der Waals surface area contributed by atoms with Gasteiger partial charge in [0.2, 0.25) is 5.91 Å². The van der Waals surface area contributed by atoms with Crippen LogP contribution in [0.2, 0.25) is 0 Å². The Morgan fingerprint density at radius 3 is 2.48 bits per heavy atom. The Morgan fingerprint density at radius 1 is 1.19 bits per heavy atom. The van der Waals surface area contributed by atoms with Gasteiger partial charge in [-0.3, -0.25) is 4.79 Å². The van der Waals surface area contributed by atoms with Crippen LogP contribution in [-0.2, 0) is 11.2 Å². The minimum absolute atomic E-state index is 0.0248. The van der Waals surface area contributed by atoms with Crippen LogP contribution in [0.15, 0.2) is 61.2 Å². The van der Waals surface area contributed by atoms with E-state index in [2.05, 4.69) is 16.2 Å². The zero-order chi connectivity index (χ0) is 19.2. The molecule has 27 heavy (non-hydrogen) atoms. The van der Waals surface area contributed by atoms with Crippen LogP contribution in [0.4, 0.5) is 0 Å². The van der Waals surface area contributed by atoms with Crippen molar-refractivity contribution in [2.45, 2.75) is 25.8 Å². The van der Waals surface area contributed by atoms with Crippen LogP contribution in [0, 0.1) is 11.3 Å². The highest BCUT2D eigenvalue weighted by Gasteiger charge is 2.17. The van der Waals surface area contributed by atoms with E-state index in [0.717, 1.165) is 16.8 Å². The fourth-order valence-electron chi connectivity index (χ4n) is 2.86. The van der Waals surface area contributed by atoms with E-state index in [-0.39, 0.29) is 11.9 Å². The van der Waals surface area contributed by atoms with Crippen molar-refractivity contribution in [3.05, 3.63) is 77.9 Å². The van der Waals surface area contributed by atoms with Gasteiger partial charge in [-0.25, -0.2) is 9.67 Å². The first-order chi connectivity index (χ1) is 13.1. The van der Waals surface area contributed by atoms with E-state index in [1.54, 1.807) is 28.0 Å². The second-order valence-corrected chi connectivity index (χ2v) is 6.42. The summed E-state index contributed by atoms with van der Waals surface area (Å²) in [6.45, 7) is 2.02. The van der Waals surface area contributed by atoms with Crippen molar-refractivity contribution < 1.29 is 4.79 Å². The first-order valence-corrected chi connectivity index (χ1v) is 8.78. The number of hydrogen-bond donors (Lipinski definition) is 0. The summed E-state index contributed by atoms with van der Waals surface area (Å²) in [5.41, 5.74) is 3.68. The standard InChI is InChI=1S/C21H21N5O/c1-16(19-8-10-20(11-9-19)26-15-23-14-24-26)25(2)21(27)12-7-17-3-5-18(13-22)6-4-17/h3-6,8-11,14-16H,7,12H2,1-2H3. The summed E-state index contributed by atoms with van der Waals surface area (Å²) < 4.78 is 1.70. The summed E-state index contributed by atoms with van der Waals surface area (Å²) in [7, 11) is 1.83. The van der Waals surface area contributed by atoms with Crippen molar-refractivity contribution in [2.24, 2.45) is 0 Å². The van der Waals surface area contributed by atoms with Crippen molar-refractivity contribution >= 4 is 5.91 Å². The molecular formula is C21H21N5O. The molecule has 0 saturated heterocycles. The Balaban J connectivity index is 1.59. The minimum atomic E-state index is -0.0248. The number of aromatic nitrogens is 3. The van der Waals surface area contributed by atoms with Crippen molar-refractivity contribution in [1.29, 1.82) is 5.26 Å². The normalized spacial score (nSPS) is 11.6. The first-order valence-electron chi connectivity index (χ1n) is 8.78. The molecule has 0 N–H and O–H groups in total. The molecule has 1 atom stereocenters. The smallest absolute Gasteiger partial charge is 0.223 e. The van der Waals surface area contributed by atoms with E-state index in [1.807, 2.05) is 50.4 Å². The molecule has 136 valence electrons. The fraction of sp³-hybridized carbons (Fsp3) is 0.238. The summed E-state index contributed by atoms with van der Waals surface area (Å²) >= 11 is 0. The average Bonchev–Trinajstić information content (AvgIpc) is 3.26. The van der Waals surface area contributed by atoms with Crippen LogP contribution in [0.3, 0.4) is 0 Å². The molecule has 0 radical (unpaired) electrons. The third kappa shape index (κ3) is 4.39. The van der Waals surface area contributed by atoms with E-state index in [9.17, 15) is 4.79 Å². The molecule has 3 aromatic rings. The lowest BCUT2D eigenvalue weighted by atomic mass is 10.0. The molecule has 3 rings (SSSR count). The maximum absolute atomic E-state index is 12.6. The van der Waals surface area contributed by atoms with Gasteiger partial charge in [0.15, 0.2) is 0 Å². The maximum atomic E-state index is 12.6. The van der Waals surface area contributed by atoms with Crippen LogP contribution in [0.5, 0.6) is 0 Å². The van der Waals surface area contributed by atoms with Crippen LogP contribution in [-0.4, -0.2) is 32.6 Å². The Hall–Kier alpha value is -3.46. The first kappa shape index (κ1) is 18.3. The van der Waals surface area contributed by atoms with Crippen LogP contribution >= 0.6 is 0 Å². The quantitative estimate of drug-likeness (QED) is 0.677. The second-order valence-electron chi connectivity index (χ2n) is 6.42. The van der Waals surface area contributed by atoms with E-state index in [0.29, 0.717) is 18.4 Å². The third-order valence-corrected chi connectivity index (χ3v) is 4.74. The van der Waals surface area contributed by atoms with E-state index in [1.165, 1.54) is 6.33 Å². The predicted molar refractivity (Wildman–Crippen MR) is 102 cm³/mol. The van der Waals surface area contributed by atoms with Crippen LogP contribution < -0.4 is 0 Å². The van der Waals surface area contributed by atoms with E-state index < -0.39 is 0 Å². The van der Waals surface area contributed by atoms with Crippen molar-refractivity contribution in [2.75, 3.05) is 7.05 Å². The molecule has 0 aliphatic rings. The lowest BCUT2D eigenvalue weighted by Crippen LogP contribution is -2.29. The number of hydrogen-bond acceptors (Lipinski definition) is 4. The number of amides is 1. The SMILES string of the molecule is CC(c1ccc(-n2cncn2)cc1)N(C)C(=O)CCc1ccc(C#N)cc1. The van der Waals surface area contributed by atoms with E-state index in [4.69, 9.17) is 5.26 Å². The lowest BCUT2D eigenvalue weighted by Gasteiger charge is -2.25. The largest absolute Gasteiger partial charge is 0.339 e. The summed E-state index contributed by atoms with van der Waals surface area (Å²) in [6, 6.07) is 17.4. The average molecular weight is 359 g/mol. The number of aryl methyl sites for hydroxylation is 1. The van der Waals surface area contributed by atoms with Crippen LogP contribution in [0.25, 0.3) is 5.69 Å². The Bertz CT molecular complexity index is 924. The number of carbonyl (C=O) groups is 1. The molecule has 6 nitrogen and oxygen atoms in total. The molecule has 0 spiro atoms. The number of nitriles is 1. The number of rotatable bonds is 6. The maximum Gasteiger partial charge on any atom is 0.223 e. The summed E-state index contributed by atoms with van der Waals surface area (Å²) in [4.78, 5) is 18.3.